The topological polar surface area (TPSA) is 72.8 Å². The third kappa shape index (κ3) is 3.45. The molecule has 1 saturated heterocycles. The van der Waals surface area contributed by atoms with E-state index < -0.39 is 28.3 Å². The molecule has 1 N–H and O–H groups in total. The highest BCUT2D eigenvalue weighted by Crippen LogP contribution is 2.39. The van der Waals surface area contributed by atoms with E-state index in [9.17, 15) is 13.5 Å². The average molecular weight is 334 g/mol. The average Bonchev–Trinajstić information content (AvgIpc) is 2.99. The minimum Gasteiger partial charge on any atom is -0.394 e. The summed E-state index contributed by atoms with van der Waals surface area (Å²) in [6.07, 6.45) is -0.324. The molecular formula is C17H18O5S. The molecule has 23 heavy (non-hydrogen) atoms. The molecule has 1 aliphatic heterocycles. The van der Waals surface area contributed by atoms with Gasteiger partial charge in [0, 0.05) is 11.8 Å². The fraction of sp³-hybridized carbons (Fsp3) is 0.294. The molecule has 2 aromatic carbocycles. The maximum atomic E-state index is 11.5. The highest BCUT2D eigenvalue weighted by atomic mass is 32.2. The fourth-order valence-electron chi connectivity index (χ4n) is 2.59. The second-order valence-corrected chi connectivity index (χ2v) is 7.51. The second-order valence-electron chi connectivity index (χ2n) is 5.50. The van der Waals surface area contributed by atoms with E-state index in [0.29, 0.717) is 0 Å². The molecule has 0 spiro atoms. The summed E-state index contributed by atoms with van der Waals surface area (Å²) in [6.45, 7) is -0.179. The molecular weight excluding hydrogens is 316 g/mol. The minimum absolute atomic E-state index is 0.179. The first-order valence-electron chi connectivity index (χ1n) is 7.26. The Morgan fingerprint density at radius 1 is 0.957 bits per heavy atom. The van der Waals surface area contributed by atoms with Crippen LogP contribution >= 0.6 is 0 Å². The van der Waals surface area contributed by atoms with Crippen molar-refractivity contribution in [3.63, 3.8) is 0 Å². The molecule has 1 fully saturated rings. The Morgan fingerprint density at radius 3 is 2.17 bits per heavy atom. The van der Waals surface area contributed by atoms with Crippen molar-refractivity contribution in [3.05, 3.63) is 65.7 Å². The summed E-state index contributed by atoms with van der Waals surface area (Å²) in [5.74, 6) is 0. The smallest absolute Gasteiger partial charge is 0.185 e. The molecule has 6 heteroatoms. The van der Waals surface area contributed by atoms with Crippen molar-refractivity contribution in [2.45, 2.75) is 23.4 Å². The van der Waals surface area contributed by atoms with Gasteiger partial charge >= 0.3 is 0 Å². The van der Waals surface area contributed by atoms with Crippen LogP contribution in [0, 0.1) is 0 Å². The van der Waals surface area contributed by atoms with Gasteiger partial charge in [-0.15, -0.1) is 0 Å². The number of benzene rings is 2. The van der Waals surface area contributed by atoms with E-state index in [-0.39, 0.29) is 11.5 Å². The van der Waals surface area contributed by atoms with E-state index in [1.807, 2.05) is 30.3 Å². The lowest BCUT2D eigenvalue weighted by Crippen LogP contribution is -2.19. The van der Waals surface area contributed by atoms with Crippen LogP contribution in [0.25, 0.3) is 0 Å². The van der Waals surface area contributed by atoms with Crippen molar-refractivity contribution in [2.75, 3.05) is 12.9 Å². The van der Waals surface area contributed by atoms with E-state index in [1.54, 1.807) is 12.1 Å². The summed E-state index contributed by atoms with van der Waals surface area (Å²) in [4.78, 5) is 0.250. The van der Waals surface area contributed by atoms with Crippen molar-refractivity contribution in [3.8, 4) is 0 Å². The second kappa shape index (κ2) is 6.41. The zero-order valence-electron chi connectivity index (χ0n) is 12.6. The maximum absolute atomic E-state index is 11.5. The van der Waals surface area contributed by atoms with Crippen molar-refractivity contribution >= 4 is 9.84 Å². The quantitative estimate of drug-likeness (QED) is 0.928. The summed E-state index contributed by atoms with van der Waals surface area (Å²) >= 11 is 0. The van der Waals surface area contributed by atoms with E-state index >= 15 is 0 Å². The Kier molecular flexibility index (Phi) is 4.50. The van der Waals surface area contributed by atoms with Crippen molar-refractivity contribution in [2.24, 2.45) is 0 Å². The number of rotatable bonds is 4. The van der Waals surface area contributed by atoms with Gasteiger partial charge in [-0.25, -0.2) is 8.42 Å². The van der Waals surface area contributed by atoms with Crippen LogP contribution in [0.3, 0.4) is 0 Å². The first-order valence-corrected chi connectivity index (χ1v) is 9.15. The lowest BCUT2D eigenvalue weighted by molar-refractivity contribution is -0.0739. The van der Waals surface area contributed by atoms with Gasteiger partial charge in [0.1, 0.15) is 12.2 Å². The Balaban J connectivity index is 1.84. The van der Waals surface area contributed by atoms with Crippen molar-refractivity contribution in [1.29, 1.82) is 0 Å². The number of aliphatic hydroxyl groups excluding tert-OH is 1. The lowest BCUT2D eigenvalue weighted by Gasteiger charge is -2.15. The summed E-state index contributed by atoms with van der Waals surface area (Å²) in [6, 6.07) is 16.0. The summed E-state index contributed by atoms with van der Waals surface area (Å²) in [7, 11) is -3.24. The standard InChI is InChI=1S/C17H18O5S/c1-23(19,20)14-9-7-12(8-10-14)16-15(11-18)21-17(22-16)13-5-3-2-4-6-13/h2-10,15-18H,11H2,1H3/t15-,16+,17?/m0/s1. The Hall–Kier alpha value is -1.73. The van der Waals surface area contributed by atoms with Gasteiger partial charge in [-0.05, 0) is 17.7 Å². The van der Waals surface area contributed by atoms with Crippen LogP contribution < -0.4 is 0 Å². The number of aliphatic hydroxyl groups is 1. The van der Waals surface area contributed by atoms with Gasteiger partial charge in [-0.1, -0.05) is 42.5 Å². The molecule has 0 bridgehead atoms. The molecule has 1 unspecified atom stereocenters. The molecule has 5 nitrogen and oxygen atoms in total. The van der Waals surface area contributed by atoms with Crippen molar-refractivity contribution in [1.82, 2.24) is 0 Å². The predicted octanol–water partition coefficient (Wildman–Crippen LogP) is 2.24. The normalized spacial score (nSPS) is 24.7. The molecule has 0 amide bonds. The number of ether oxygens (including phenoxy) is 2. The van der Waals surface area contributed by atoms with Gasteiger partial charge in [-0.2, -0.15) is 0 Å². The number of sulfone groups is 1. The molecule has 3 atom stereocenters. The van der Waals surface area contributed by atoms with Crippen LogP contribution in [-0.4, -0.2) is 32.5 Å². The van der Waals surface area contributed by atoms with Gasteiger partial charge in [0.2, 0.25) is 0 Å². The Morgan fingerprint density at radius 2 is 1.61 bits per heavy atom. The predicted molar refractivity (Wildman–Crippen MR) is 84.5 cm³/mol. The molecule has 122 valence electrons. The number of hydrogen-bond acceptors (Lipinski definition) is 5. The summed E-state index contributed by atoms with van der Waals surface area (Å²) < 4.78 is 34.8. The SMILES string of the molecule is CS(=O)(=O)c1ccc([C@H]2OC(c3ccccc3)O[C@H]2CO)cc1. The molecule has 1 heterocycles. The number of hydrogen-bond donors (Lipinski definition) is 1. The summed E-state index contributed by atoms with van der Waals surface area (Å²) in [5.41, 5.74) is 1.65. The highest BCUT2D eigenvalue weighted by molar-refractivity contribution is 7.90. The van der Waals surface area contributed by atoms with Crippen LogP contribution in [0.2, 0.25) is 0 Å². The monoisotopic (exact) mass is 334 g/mol. The van der Waals surface area contributed by atoms with Crippen LogP contribution in [0.15, 0.2) is 59.5 Å². The molecule has 0 aromatic heterocycles. The van der Waals surface area contributed by atoms with Crippen LogP contribution in [0.5, 0.6) is 0 Å². The van der Waals surface area contributed by atoms with Crippen LogP contribution in [0.4, 0.5) is 0 Å². The Bertz CT molecular complexity index is 755. The van der Waals surface area contributed by atoms with E-state index in [1.165, 1.54) is 18.4 Å². The zero-order chi connectivity index (χ0) is 16.4. The van der Waals surface area contributed by atoms with Gasteiger partial charge in [0.05, 0.1) is 11.5 Å². The maximum Gasteiger partial charge on any atom is 0.185 e. The molecule has 2 aromatic rings. The van der Waals surface area contributed by atoms with Crippen LogP contribution in [0.1, 0.15) is 23.5 Å². The third-order valence-electron chi connectivity index (χ3n) is 3.79. The molecule has 3 rings (SSSR count). The van der Waals surface area contributed by atoms with Crippen molar-refractivity contribution < 1.29 is 23.0 Å². The third-order valence-corrected chi connectivity index (χ3v) is 4.92. The van der Waals surface area contributed by atoms with E-state index in [4.69, 9.17) is 9.47 Å². The summed E-state index contributed by atoms with van der Waals surface area (Å²) in [5, 5.41) is 9.55. The molecule has 0 saturated carbocycles. The lowest BCUT2D eigenvalue weighted by atomic mass is 10.1. The van der Waals surface area contributed by atoms with Gasteiger partial charge < -0.3 is 14.6 Å². The highest BCUT2D eigenvalue weighted by Gasteiger charge is 2.37. The first kappa shape index (κ1) is 16.1. The first-order chi connectivity index (χ1) is 11.0. The Labute approximate surface area is 135 Å². The van der Waals surface area contributed by atoms with E-state index in [2.05, 4.69) is 0 Å². The largest absolute Gasteiger partial charge is 0.394 e. The molecule has 1 aliphatic rings. The molecule has 0 aliphatic carbocycles. The van der Waals surface area contributed by atoms with Crippen LogP contribution in [-0.2, 0) is 19.3 Å². The zero-order valence-corrected chi connectivity index (χ0v) is 13.4. The van der Waals surface area contributed by atoms with Gasteiger partial charge in [0.15, 0.2) is 16.1 Å². The van der Waals surface area contributed by atoms with Gasteiger partial charge in [0.25, 0.3) is 0 Å². The van der Waals surface area contributed by atoms with E-state index in [0.717, 1.165) is 11.1 Å². The molecule has 0 radical (unpaired) electrons. The van der Waals surface area contributed by atoms with Gasteiger partial charge in [-0.3, -0.25) is 0 Å². The minimum atomic E-state index is -3.24. The fourth-order valence-corrected chi connectivity index (χ4v) is 3.22.